The SMILES string of the molecule is CC[Si]1([c-]2ccc3ccccc32)CCC1.CC[Si]1([c-]2ccc3ccccc32)CCC1.C[CH]=[Zr]([Cl])[Cl]. The van der Waals surface area contributed by atoms with Crippen LogP contribution < -0.4 is 10.4 Å². The van der Waals surface area contributed by atoms with Crippen molar-refractivity contribution in [2.75, 3.05) is 0 Å². The fraction of sp³-hybridized carbons (Fsp3) is 0.367. The van der Waals surface area contributed by atoms with Crippen LogP contribution in [0.1, 0.15) is 33.6 Å². The van der Waals surface area contributed by atoms with E-state index in [4.69, 9.17) is 17.0 Å². The first-order valence-corrected chi connectivity index (χ1v) is 26.2. The molecule has 35 heavy (non-hydrogen) atoms. The zero-order chi connectivity index (χ0) is 24.9. The molecule has 0 amide bonds. The molecule has 0 nitrogen and oxygen atoms in total. The van der Waals surface area contributed by atoms with Crippen molar-refractivity contribution in [2.45, 2.75) is 69.9 Å². The predicted octanol–water partition coefficient (Wildman–Crippen LogP) is 9.01. The molecule has 0 saturated carbocycles. The van der Waals surface area contributed by atoms with Crippen molar-refractivity contribution in [2.24, 2.45) is 0 Å². The maximum atomic E-state index is 5.37. The number of hydrogen-bond acceptors (Lipinski definition) is 0. The standard InChI is InChI=1S/2C14H17Si.C2H4.2ClH.Zr/c2*1-2-15(10-5-11-15)14-9-8-12-6-3-4-7-13(12)14;1-2;;;/h2*3-4,6-9H,2,5,10-11H2,1H3;1H,2H3;2*1H;/q2*-1;;;;+2/p-2. The molecular formula is C30H38Cl2Si2Zr-2. The summed E-state index contributed by atoms with van der Waals surface area (Å²) in [6.45, 7) is 6.69. The summed E-state index contributed by atoms with van der Waals surface area (Å²) in [5.41, 5.74) is 0. The second-order valence-corrected chi connectivity index (χ2v) is 28.6. The molecular weight excluding hydrogens is 579 g/mol. The van der Waals surface area contributed by atoms with E-state index in [-0.39, 0.29) is 0 Å². The minimum atomic E-state index is -1.76. The van der Waals surface area contributed by atoms with Gasteiger partial charge < -0.3 is 0 Å². The molecule has 2 aliphatic rings. The molecule has 4 aromatic carbocycles. The van der Waals surface area contributed by atoms with E-state index in [0.717, 1.165) is 0 Å². The van der Waals surface area contributed by atoms with Crippen LogP contribution in [0.2, 0.25) is 36.3 Å². The summed E-state index contributed by atoms with van der Waals surface area (Å²) in [5, 5.41) is 9.47. The van der Waals surface area contributed by atoms with E-state index in [2.05, 4.69) is 86.6 Å². The topological polar surface area (TPSA) is 0 Å². The van der Waals surface area contributed by atoms with Crippen LogP contribution in [0.5, 0.6) is 0 Å². The van der Waals surface area contributed by atoms with Crippen molar-refractivity contribution in [1.82, 2.24) is 0 Å². The van der Waals surface area contributed by atoms with Crippen LogP contribution in [-0.2, 0) is 18.9 Å². The van der Waals surface area contributed by atoms with Crippen molar-refractivity contribution in [3.8, 4) is 0 Å². The molecule has 0 radical (unpaired) electrons. The van der Waals surface area contributed by atoms with Gasteiger partial charge in [0, 0.05) is 16.1 Å². The minimum absolute atomic E-state index is 1.01. The van der Waals surface area contributed by atoms with E-state index in [0.29, 0.717) is 0 Å². The molecule has 0 unspecified atom stereocenters. The molecule has 2 heterocycles. The van der Waals surface area contributed by atoms with Crippen molar-refractivity contribution in [3.63, 3.8) is 0 Å². The van der Waals surface area contributed by atoms with Crippen molar-refractivity contribution >= 4 is 68.8 Å². The van der Waals surface area contributed by atoms with E-state index in [1.807, 2.05) is 10.6 Å². The van der Waals surface area contributed by atoms with Crippen LogP contribution in [0.3, 0.4) is 0 Å². The Morgan fingerprint density at radius 1 is 0.714 bits per heavy atom. The molecule has 2 aliphatic heterocycles. The van der Waals surface area contributed by atoms with Crippen LogP contribution in [-0.4, -0.2) is 19.9 Å². The van der Waals surface area contributed by atoms with Gasteiger partial charge in [0.1, 0.15) is 0 Å². The molecule has 0 spiro atoms. The van der Waals surface area contributed by atoms with Crippen LogP contribution >= 0.6 is 17.0 Å². The Balaban J connectivity index is 0.000000139. The van der Waals surface area contributed by atoms with Crippen LogP contribution in [0.25, 0.3) is 21.5 Å². The van der Waals surface area contributed by atoms with Gasteiger partial charge in [-0.2, -0.15) is 24.3 Å². The number of benzene rings is 2. The van der Waals surface area contributed by atoms with Crippen molar-refractivity contribution < 1.29 is 18.9 Å². The van der Waals surface area contributed by atoms with Crippen LogP contribution in [0, 0.1) is 0 Å². The van der Waals surface area contributed by atoms with E-state index in [1.54, 1.807) is 21.1 Å². The quantitative estimate of drug-likeness (QED) is 0.159. The fourth-order valence-electron chi connectivity index (χ4n) is 6.06. The van der Waals surface area contributed by atoms with E-state index >= 15 is 0 Å². The third-order valence-corrected chi connectivity index (χ3v) is 23.5. The third-order valence-electron chi connectivity index (χ3n) is 8.70. The molecule has 0 aromatic heterocycles. The van der Waals surface area contributed by atoms with Gasteiger partial charge in [0.15, 0.2) is 0 Å². The van der Waals surface area contributed by atoms with Gasteiger partial charge in [0.2, 0.25) is 0 Å². The average molecular weight is 617 g/mol. The summed E-state index contributed by atoms with van der Waals surface area (Å²) in [4.78, 5) is 0. The summed E-state index contributed by atoms with van der Waals surface area (Å²) in [5.74, 6) is 0. The normalized spacial score (nSPS) is 17.3. The van der Waals surface area contributed by atoms with Crippen LogP contribution in [0.4, 0.5) is 0 Å². The van der Waals surface area contributed by atoms with Gasteiger partial charge in [-0.05, 0) is 0 Å². The molecule has 6 rings (SSSR count). The summed E-state index contributed by atoms with van der Waals surface area (Å²) in [6, 6.07) is 36.2. The van der Waals surface area contributed by atoms with E-state index < -0.39 is 35.0 Å². The molecule has 2 saturated heterocycles. The first kappa shape index (κ1) is 27.5. The molecule has 0 bridgehead atoms. The summed E-state index contributed by atoms with van der Waals surface area (Å²) >= 11 is -1.76. The van der Waals surface area contributed by atoms with E-state index in [1.165, 1.54) is 59.9 Å². The maximum absolute atomic E-state index is 5.37. The Morgan fingerprint density at radius 3 is 1.37 bits per heavy atom. The molecule has 5 heteroatoms. The summed E-state index contributed by atoms with van der Waals surface area (Å²) < 4.78 is 1.89. The predicted molar refractivity (Wildman–Crippen MR) is 163 cm³/mol. The zero-order valence-corrected chi connectivity index (χ0v) is 27.4. The van der Waals surface area contributed by atoms with Crippen molar-refractivity contribution in [3.05, 3.63) is 72.8 Å². The molecule has 186 valence electrons. The zero-order valence-electron chi connectivity index (χ0n) is 21.4. The number of rotatable bonds is 4. The summed E-state index contributed by atoms with van der Waals surface area (Å²) in [7, 11) is 8.73. The van der Waals surface area contributed by atoms with Gasteiger partial charge in [-0.15, -0.1) is 68.3 Å². The number of halogens is 2. The number of hydrogen-bond donors (Lipinski definition) is 0. The fourth-order valence-corrected chi connectivity index (χ4v) is 14.2. The van der Waals surface area contributed by atoms with E-state index in [9.17, 15) is 0 Å². The average Bonchev–Trinajstić information content (AvgIpc) is 3.45. The van der Waals surface area contributed by atoms with Crippen molar-refractivity contribution in [1.29, 1.82) is 0 Å². The molecule has 0 N–H and O–H groups in total. The Morgan fingerprint density at radius 2 is 1.09 bits per heavy atom. The molecule has 2 fully saturated rings. The third kappa shape index (κ3) is 5.80. The van der Waals surface area contributed by atoms with Crippen LogP contribution in [0.15, 0.2) is 72.8 Å². The first-order valence-electron chi connectivity index (χ1n) is 13.3. The van der Waals surface area contributed by atoms with Gasteiger partial charge in [-0.1, -0.05) is 75.1 Å². The monoisotopic (exact) mass is 614 g/mol. The van der Waals surface area contributed by atoms with Gasteiger partial charge in [0.25, 0.3) is 0 Å². The Labute approximate surface area is 228 Å². The molecule has 0 aliphatic carbocycles. The van der Waals surface area contributed by atoms with Gasteiger partial charge in [0.05, 0.1) is 0 Å². The molecule has 0 atom stereocenters. The first-order chi connectivity index (χ1) is 17.0. The van der Waals surface area contributed by atoms with Gasteiger partial charge >= 0.3 is 46.5 Å². The number of fused-ring (bicyclic) bond motifs is 2. The molecule has 4 aromatic rings. The Kier molecular flexibility index (Phi) is 9.66. The second-order valence-electron chi connectivity index (χ2n) is 10.2. The van der Waals surface area contributed by atoms with Gasteiger partial charge in [-0.3, -0.25) is 0 Å². The summed E-state index contributed by atoms with van der Waals surface area (Å²) in [6.07, 6.45) is 2.94. The van der Waals surface area contributed by atoms with Gasteiger partial charge in [-0.25, -0.2) is 0 Å². The Bertz CT molecular complexity index is 1170. The Hall–Kier alpha value is -0.573. The second kappa shape index (κ2) is 12.3.